The standard InChI is InChI=1S/C22H32F2N2O3SSi/c1-21(2,3)29-20(27)26(15-28-12-14-31(5,6)7)19-25-22(4,11-13-30-19)16-9-8-10-17(23)18(16)24/h8-11,13H,12,14-15H2,1-7H3. The van der Waals surface area contributed by atoms with E-state index in [2.05, 4.69) is 24.6 Å². The van der Waals surface area contributed by atoms with Crippen molar-refractivity contribution in [3.8, 4) is 0 Å². The van der Waals surface area contributed by atoms with Gasteiger partial charge in [0.05, 0.1) is 0 Å². The summed E-state index contributed by atoms with van der Waals surface area (Å²) in [5, 5.41) is 2.02. The number of benzene rings is 1. The Balaban J connectivity index is 2.32. The van der Waals surface area contributed by atoms with E-state index < -0.39 is 36.9 Å². The summed E-state index contributed by atoms with van der Waals surface area (Å²) in [5.41, 5.74) is -1.79. The van der Waals surface area contributed by atoms with Crippen LogP contribution >= 0.6 is 11.8 Å². The molecule has 5 nitrogen and oxygen atoms in total. The second-order valence-electron chi connectivity index (χ2n) is 9.82. The Morgan fingerprint density at radius 3 is 2.55 bits per heavy atom. The molecule has 31 heavy (non-hydrogen) atoms. The lowest BCUT2D eigenvalue weighted by Crippen LogP contribution is -2.42. The number of nitrogens with zero attached hydrogens (tertiary/aromatic N) is 2. The summed E-state index contributed by atoms with van der Waals surface area (Å²) in [6, 6.07) is 4.94. The Kier molecular flexibility index (Phi) is 8.10. The molecule has 1 heterocycles. The van der Waals surface area contributed by atoms with Gasteiger partial charge in [0.25, 0.3) is 0 Å². The SMILES string of the molecule is CC(C)(C)OC(=O)N(COCC[Si](C)(C)C)C1=NC(C)(c2cccc(F)c2F)C=CS1. The molecule has 0 radical (unpaired) electrons. The van der Waals surface area contributed by atoms with Gasteiger partial charge in [-0.3, -0.25) is 0 Å². The molecule has 172 valence electrons. The second-order valence-corrected chi connectivity index (χ2v) is 16.3. The lowest BCUT2D eigenvalue weighted by atomic mass is 9.92. The highest BCUT2D eigenvalue weighted by molar-refractivity contribution is 8.16. The zero-order valence-electron chi connectivity index (χ0n) is 19.3. The molecule has 0 fully saturated rings. The predicted molar refractivity (Wildman–Crippen MR) is 125 cm³/mol. The van der Waals surface area contributed by atoms with E-state index in [9.17, 15) is 13.6 Å². The molecule has 1 aromatic rings. The fraction of sp³-hybridized carbons (Fsp3) is 0.545. The quantitative estimate of drug-likeness (QED) is 0.276. The fourth-order valence-corrected chi connectivity index (χ4v) is 4.40. The first-order chi connectivity index (χ1) is 14.2. The second kappa shape index (κ2) is 9.83. The molecule has 1 amide bonds. The monoisotopic (exact) mass is 470 g/mol. The van der Waals surface area contributed by atoms with Crippen molar-refractivity contribution < 1.29 is 23.0 Å². The highest BCUT2D eigenvalue weighted by atomic mass is 32.2. The maximum absolute atomic E-state index is 14.5. The average molecular weight is 471 g/mol. The highest BCUT2D eigenvalue weighted by Gasteiger charge is 2.34. The van der Waals surface area contributed by atoms with E-state index in [0.29, 0.717) is 11.8 Å². The summed E-state index contributed by atoms with van der Waals surface area (Å²) >= 11 is 1.20. The van der Waals surface area contributed by atoms with Crippen LogP contribution in [0, 0.1) is 11.6 Å². The van der Waals surface area contributed by atoms with E-state index in [1.807, 2.05) is 0 Å². The van der Waals surface area contributed by atoms with Crippen LogP contribution in [0.5, 0.6) is 0 Å². The Morgan fingerprint density at radius 2 is 1.94 bits per heavy atom. The minimum absolute atomic E-state index is 0.0409. The number of thioether (sulfide) groups is 1. The van der Waals surface area contributed by atoms with Gasteiger partial charge in [0.1, 0.15) is 17.9 Å². The molecule has 1 atom stereocenters. The molecule has 1 aliphatic rings. The Hall–Kier alpha value is -1.71. The molecule has 0 aromatic heterocycles. The van der Waals surface area contributed by atoms with Crippen LogP contribution in [0.2, 0.25) is 25.7 Å². The van der Waals surface area contributed by atoms with E-state index in [4.69, 9.17) is 9.47 Å². The van der Waals surface area contributed by atoms with Gasteiger partial charge in [0.2, 0.25) is 0 Å². The van der Waals surface area contributed by atoms with Gasteiger partial charge >= 0.3 is 6.09 Å². The van der Waals surface area contributed by atoms with Crippen LogP contribution in [-0.2, 0) is 15.0 Å². The van der Waals surface area contributed by atoms with Crippen LogP contribution in [-0.4, -0.2) is 43.2 Å². The number of amides is 1. The molecule has 1 aliphatic heterocycles. The van der Waals surface area contributed by atoms with Crippen molar-refractivity contribution >= 4 is 31.1 Å². The molecule has 2 rings (SSSR count). The van der Waals surface area contributed by atoms with Gasteiger partial charge < -0.3 is 9.47 Å². The molecule has 0 saturated heterocycles. The zero-order chi connectivity index (χ0) is 23.4. The molecule has 0 bridgehead atoms. The number of halogens is 2. The predicted octanol–water partition coefficient (Wildman–Crippen LogP) is 6.35. The third-order valence-electron chi connectivity index (χ3n) is 4.45. The zero-order valence-corrected chi connectivity index (χ0v) is 21.1. The Bertz CT molecular complexity index is 865. The first kappa shape index (κ1) is 25.5. The molecule has 0 N–H and O–H groups in total. The molecule has 1 unspecified atom stereocenters. The van der Waals surface area contributed by atoms with Gasteiger partial charge in [0.15, 0.2) is 16.8 Å². The number of rotatable bonds is 6. The van der Waals surface area contributed by atoms with Gasteiger partial charge in [-0.15, -0.1) is 0 Å². The number of carbonyl (C=O) groups is 1. The van der Waals surface area contributed by atoms with Crippen LogP contribution < -0.4 is 0 Å². The van der Waals surface area contributed by atoms with Crippen molar-refractivity contribution in [1.29, 1.82) is 0 Å². The molecule has 0 aliphatic carbocycles. The van der Waals surface area contributed by atoms with E-state index >= 15 is 0 Å². The molecule has 9 heteroatoms. The molecular weight excluding hydrogens is 438 g/mol. The van der Waals surface area contributed by atoms with E-state index in [-0.39, 0.29) is 12.3 Å². The van der Waals surface area contributed by atoms with Crippen LogP contribution in [0.1, 0.15) is 33.3 Å². The number of carbonyl (C=O) groups excluding carboxylic acids is 1. The number of aliphatic imine (C=N–C) groups is 1. The van der Waals surface area contributed by atoms with Crippen LogP contribution in [0.3, 0.4) is 0 Å². The van der Waals surface area contributed by atoms with E-state index in [1.54, 1.807) is 39.2 Å². The van der Waals surface area contributed by atoms with E-state index in [1.165, 1.54) is 28.8 Å². The van der Waals surface area contributed by atoms with Crippen molar-refractivity contribution in [3.63, 3.8) is 0 Å². The van der Waals surface area contributed by atoms with Crippen molar-refractivity contribution in [2.75, 3.05) is 13.3 Å². The lowest BCUT2D eigenvalue weighted by molar-refractivity contribution is 0.0111. The Labute approximate surface area is 188 Å². The lowest BCUT2D eigenvalue weighted by Gasteiger charge is -2.32. The van der Waals surface area contributed by atoms with Gasteiger partial charge in [-0.2, -0.15) is 0 Å². The average Bonchev–Trinajstić information content (AvgIpc) is 2.61. The molecule has 0 saturated carbocycles. The fourth-order valence-electron chi connectivity index (χ4n) is 2.70. The third-order valence-corrected chi connectivity index (χ3v) is 6.95. The smallest absolute Gasteiger partial charge is 0.418 e. The molecule has 1 aromatic carbocycles. The first-order valence-corrected chi connectivity index (χ1v) is 14.8. The third kappa shape index (κ3) is 7.43. The summed E-state index contributed by atoms with van der Waals surface area (Å²) in [5.74, 6) is -1.90. The summed E-state index contributed by atoms with van der Waals surface area (Å²) < 4.78 is 39.6. The summed E-state index contributed by atoms with van der Waals surface area (Å²) in [4.78, 5) is 18.8. The van der Waals surface area contributed by atoms with E-state index in [0.717, 1.165) is 12.1 Å². The van der Waals surface area contributed by atoms with Crippen molar-refractivity contribution in [2.45, 2.75) is 64.5 Å². The van der Waals surface area contributed by atoms with Crippen LogP contribution in [0.4, 0.5) is 13.6 Å². The van der Waals surface area contributed by atoms with Gasteiger partial charge in [-0.1, -0.05) is 43.5 Å². The summed E-state index contributed by atoms with van der Waals surface area (Å²) in [6.07, 6.45) is 1.07. The molecule has 0 spiro atoms. The highest BCUT2D eigenvalue weighted by Crippen LogP contribution is 2.36. The summed E-state index contributed by atoms with van der Waals surface area (Å²) in [7, 11) is -1.30. The normalized spacial score (nSPS) is 19.2. The largest absolute Gasteiger partial charge is 0.443 e. The maximum Gasteiger partial charge on any atom is 0.418 e. The topological polar surface area (TPSA) is 51.1 Å². The van der Waals surface area contributed by atoms with Crippen molar-refractivity contribution in [1.82, 2.24) is 4.90 Å². The number of hydrogen-bond acceptors (Lipinski definition) is 5. The number of amidine groups is 1. The Morgan fingerprint density at radius 1 is 1.26 bits per heavy atom. The number of hydrogen-bond donors (Lipinski definition) is 0. The first-order valence-electron chi connectivity index (χ1n) is 10.2. The minimum atomic E-state index is -1.30. The molecular formula is C22H32F2N2O3SSi. The maximum atomic E-state index is 14.5. The minimum Gasteiger partial charge on any atom is -0.443 e. The van der Waals surface area contributed by atoms with Crippen LogP contribution in [0.15, 0.2) is 34.7 Å². The van der Waals surface area contributed by atoms with Gasteiger partial charge in [-0.25, -0.2) is 23.5 Å². The van der Waals surface area contributed by atoms with Gasteiger partial charge in [0, 0.05) is 20.2 Å². The summed E-state index contributed by atoms with van der Waals surface area (Å²) in [6.45, 7) is 14.2. The van der Waals surface area contributed by atoms with Gasteiger partial charge in [-0.05, 0) is 51.3 Å². The van der Waals surface area contributed by atoms with Crippen molar-refractivity contribution in [3.05, 3.63) is 46.9 Å². The number of ether oxygens (including phenoxy) is 2. The van der Waals surface area contributed by atoms with Crippen LogP contribution in [0.25, 0.3) is 0 Å². The van der Waals surface area contributed by atoms with Crippen molar-refractivity contribution in [2.24, 2.45) is 4.99 Å².